The highest BCUT2D eigenvalue weighted by atomic mass is 127. The Morgan fingerprint density at radius 3 is 2.57 bits per heavy atom. The number of aryl methyl sites for hydroxylation is 1. The van der Waals surface area contributed by atoms with Crippen molar-refractivity contribution in [1.82, 2.24) is 15.5 Å². The lowest BCUT2D eigenvalue weighted by Crippen LogP contribution is -2.47. The van der Waals surface area contributed by atoms with Gasteiger partial charge in [0, 0.05) is 55.2 Å². The minimum atomic E-state index is 0. The largest absolute Gasteiger partial charge is 0.356 e. The van der Waals surface area contributed by atoms with E-state index in [1.807, 2.05) is 37.0 Å². The number of carbonyl (C=O) groups excluding carboxylic acids is 1. The van der Waals surface area contributed by atoms with Crippen molar-refractivity contribution in [2.24, 2.45) is 10.9 Å². The summed E-state index contributed by atoms with van der Waals surface area (Å²) in [6.45, 7) is 2.70. The van der Waals surface area contributed by atoms with Crippen LogP contribution >= 0.6 is 47.3 Å². The summed E-state index contributed by atoms with van der Waals surface area (Å²) < 4.78 is 0. The van der Waals surface area contributed by atoms with Gasteiger partial charge in [-0.3, -0.25) is 9.79 Å². The lowest BCUT2D eigenvalue weighted by molar-refractivity contribution is -0.136. The maximum absolute atomic E-state index is 12.7. The molecule has 1 aromatic rings. The quantitative estimate of drug-likeness (QED) is 0.236. The zero-order valence-corrected chi connectivity index (χ0v) is 21.6. The van der Waals surface area contributed by atoms with Crippen LogP contribution in [0.1, 0.15) is 37.7 Å². The molecular formula is C22H34ClIN4OS. The van der Waals surface area contributed by atoms with Gasteiger partial charge in [-0.05, 0) is 50.2 Å². The predicted octanol–water partition coefficient (Wildman–Crippen LogP) is 4.19. The minimum Gasteiger partial charge on any atom is -0.356 e. The van der Waals surface area contributed by atoms with E-state index in [4.69, 9.17) is 11.6 Å². The monoisotopic (exact) mass is 564 g/mol. The van der Waals surface area contributed by atoms with E-state index in [9.17, 15) is 4.79 Å². The number of benzene rings is 1. The van der Waals surface area contributed by atoms with Crippen molar-refractivity contribution in [3.8, 4) is 0 Å². The molecule has 0 aromatic heterocycles. The molecule has 0 spiro atoms. The average molecular weight is 565 g/mol. The molecule has 1 aliphatic heterocycles. The molecule has 1 amide bonds. The number of halogens is 2. The Labute approximate surface area is 207 Å². The normalized spacial score (nSPS) is 22.2. The van der Waals surface area contributed by atoms with Gasteiger partial charge in [0.2, 0.25) is 5.91 Å². The van der Waals surface area contributed by atoms with Gasteiger partial charge < -0.3 is 15.5 Å². The zero-order chi connectivity index (χ0) is 20.5. The first-order valence-corrected chi connectivity index (χ1v) is 12.3. The Morgan fingerprint density at radius 1 is 1.20 bits per heavy atom. The van der Waals surface area contributed by atoms with Gasteiger partial charge in [0.15, 0.2) is 5.96 Å². The van der Waals surface area contributed by atoms with Crippen molar-refractivity contribution in [2.75, 3.05) is 38.2 Å². The molecule has 8 heteroatoms. The third-order valence-corrected chi connectivity index (χ3v) is 7.15. The Balaban J connectivity index is 0.00000320. The second-order valence-corrected chi connectivity index (χ2v) is 9.46. The summed E-state index contributed by atoms with van der Waals surface area (Å²) in [5.41, 5.74) is 1.19. The summed E-state index contributed by atoms with van der Waals surface area (Å²) in [5, 5.41) is 7.79. The summed E-state index contributed by atoms with van der Waals surface area (Å²) in [6, 6.07) is 8.41. The van der Waals surface area contributed by atoms with Gasteiger partial charge in [-0.2, -0.15) is 11.8 Å². The number of aliphatic imine (C=N–C) groups is 1. The molecule has 0 radical (unpaired) electrons. The van der Waals surface area contributed by atoms with E-state index in [1.54, 1.807) is 0 Å². The molecule has 0 unspecified atom stereocenters. The first kappa shape index (κ1) is 25.6. The summed E-state index contributed by atoms with van der Waals surface area (Å²) in [7, 11) is 1.81. The topological polar surface area (TPSA) is 56.7 Å². The van der Waals surface area contributed by atoms with Crippen LogP contribution in [-0.4, -0.2) is 61.0 Å². The van der Waals surface area contributed by atoms with E-state index in [1.165, 1.54) is 5.56 Å². The van der Waals surface area contributed by atoms with E-state index in [0.717, 1.165) is 80.6 Å². The van der Waals surface area contributed by atoms with E-state index in [2.05, 4.69) is 26.6 Å². The highest BCUT2D eigenvalue weighted by Gasteiger charge is 2.30. The molecule has 1 aliphatic carbocycles. The fourth-order valence-corrected chi connectivity index (χ4v) is 5.23. The molecule has 5 nitrogen and oxygen atoms in total. The van der Waals surface area contributed by atoms with Gasteiger partial charge >= 0.3 is 0 Å². The van der Waals surface area contributed by atoms with Crippen molar-refractivity contribution in [2.45, 2.75) is 44.6 Å². The third kappa shape index (κ3) is 7.79. The summed E-state index contributed by atoms with van der Waals surface area (Å²) in [6.07, 6.45) is 5.96. The third-order valence-electron chi connectivity index (χ3n) is 5.84. The minimum absolute atomic E-state index is 0. The maximum atomic E-state index is 12.7. The van der Waals surface area contributed by atoms with Crippen LogP contribution in [0.5, 0.6) is 0 Å². The van der Waals surface area contributed by atoms with Crippen LogP contribution in [0.3, 0.4) is 0 Å². The van der Waals surface area contributed by atoms with Gasteiger partial charge in [-0.25, -0.2) is 0 Å². The Kier molecular flexibility index (Phi) is 11.7. The fraction of sp³-hybridized carbons (Fsp3) is 0.636. The molecule has 1 heterocycles. The summed E-state index contributed by atoms with van der Waals surface area (Å²) >= 11 is 8.17. The molecule has 1 saturated heterocycles. The predicted molar refractivity (Wildman–Crippen MR) is 139 cm³/mol. The van der Waals surface area contributed by atoms with Crippen molar-refractivity contribution in [3.05, 3.63) is 34.9 Å². The number of thioether (sulfide) groups is 1. The summed E-state index contributed by atoms with van der Waals surface area (Å²) in [4.78, 5) is 19.1. The molecule has 2 aliphatic rings. The van der Waals surface area contributed by atoms with Gasteiger partial charge in [0.05, 0.1) is 0 Å². The van der Waals surface area contributed by atoms with Crippen LogP contribution in [0, 0.1) is 5.92 Å². The molecule has 0 bridgehead atoms. The van der Waals surface area contributed by atoms with Crippen molar-refractivity contribution >= 4 is 59.2 Å². The second-order valence-electron chi connectivity index (χ2n) is 7.82. The average Bonchev–Trinajstić information content (AvgIpc) is 2.77. The van der Waals surface area contributed by atoms with E-state index in [0.29, 0.717) is 11.9 Å². The SMILES string of the molecule is CN=C(NCCCc1ccccc1Cl)NC1CCC(C(=O)N2CCSCC2)CC1.I. The van der Waals surface area contributed by atoms with Crippen LogP contribution in [0.2, 0.25) is 5.02 Å². The number of rotatable bonds is 6. The molecule has 1 aromatic carbocycles. The zero-order valence-electron chi connectivity index (χ0n) is 17.7. The molecule has 1 saturated carbocycles. The number of hydrogen-bond donors (Lipinski definition) is 2. The number of hydrogen-bond acceptors (Lipinski definition) is 3. The number of nitrogens with one attached hydrogen (secondary N) is 2. The Bertz CT molecular complexity index is 691. The van der Waals surface area contributed by atoms with Crippen LogP contribution in [0.15, 0.2) is 29.3 Å². The standard InChI is InChI=1S/C22H33ClN4OS.HI/c1-24-22(25-12-4-6-17-5-2-3-7-20(17)23)26-19-10-8-18(9-11-19)21(28)27-13-15-29-16-14-27;/h2-3,5,7,18-19H,4,6,8-16H2,1H3,(H2,24,25,26);1H. The van der Waals surface area contributed by atoms with Crippen LogP contribution in [0.4, 0.5) is 0 Å². The molecule has 168 valence electrons. The smallest absolute Gasteiger partial charge is 0.225 e. The highest BCUT2D eigenvalue weighted by Crippen LogP contribution is 2.27. The Morgan fingerprint density at radius 2 is 1.90 bits per heavy atom. The molecule has 0 atom stereocenters. The lowest BCUT2D eigenvalue weighted by atomic mass is 9.85. The van der Waals surface area contributed by atoms with Crippen LogP contribution in [-0.2, 0) is 11.2 Å². The maximum Gasteiger partial charge on any atom is 0.225 e. The van der Waals surface area contributed by atoms with E-state index < -0.39 is 0 Å². The van der Waals surface area contributed by atoms with Gasteiger partial charge in [0.1, 0.15) is 0 Å². The first-order valence-electron chi connectivity index (χ1n) is 10.7. The fourth-order valence-electron chi connectivity index (χ4n) is 4.10. The number of amides is 1. The van der Waals surface area contributed by atoms with E-state index in [-0.39, 0.29) is 29.9 Å². The highest BCUT2D eigenvalue weighted by molar-refractivity contribution is 14.0. The number of guanidine groups is 1. The van der Waals surface area contributed by atoms with Crippen molar-refractivity contribution in [1.29, 1.82) is 0 Å². The van der Waals surface area contributed by atoms with Gasteiger partial charge in [-0.1, -0.05) is 29.8 Å². The number of carbonyl (C=O) groups is 1. The first-order chi connectivity index (χ1) is 14.2. The second kappa shape index (κ2) is 13.7. The van der Waals surface area contributed by atoms with Crippen molar-refractivity contribution in [3.63, 3.8) is 0 Å². The van der Waals surface area contributed by atoms with Crippen LogP contribution < -0.4 is 10.6 Å². The molecule has 30 heavy (non-hydrogen) atoms. The molecule has 2 N–H and O–H groups in total. The van der Waals surface area contributed by atoms with Crippen LogP contribution in [0.25, 0.3) is 0 Å². The van der Waals surface area contributed by atoms with Crippen molar-refractivity contribution < 1.29 is 4.79 Å². The van der Waals surface area contributed by atoms with Gasteiger partial charge in [-0.15, -0.1) is 24.0 Å². The van der Waals surface area contributed by atoms with Gasteiger partial charge in [0.25, 0.3) is 0 Å². The molecule has 3 rings (SSSR count). The lowest BCUT2D eigenvalue weighted by Gasteiger charge is -2.34. The summed E-state index contributed by atoms with van der Waals surface area (Å²) in [5.74, 6) is 3.61. The molecule has 2 fully saturated rings. The van der Waals surface area contributed by atoms with E-state index >= 15 is 0 Å². The number of nitrogens with zero attached hydrogens (tertiary/aromatic N) is 2. The molecular weight excluding hydrogens is 531 g/mol. The Hall–Kier alpha value is -0.670.